The van der Waals surface area contributed by atoms with Crippen LogP contribution in [0.3, 0.4) is 0 Å². The van der Waals surface area contributed by atoms with Crippen LogP contribution >= 0.6 is 35.3 Å². The number of aromatic nitrogens is 2. The van der Waals surface area contributed by atoms with E-state index in [0.29, 0.717) is 18.3 Å². The summed E-state index contributed by atoms with van der Waals surface area (Å²) in [6.45, 7) is 5.18. The quantitative estimate of drug-likeness (QED) is 0.441. The highest BCUT2D eigenvalue weighted by molar-refractivity contribution is 14.0. The van der Waals surface area contributed by atoms with E-state index in [4.69, 9.17) is 4.52 Å². The third kappa shape index (κ3) is 5.62. The van der Waals surface area contributed by atoms with Gasteiger partial charge in [-0.1, -0.05) is 12.1 Å². The van der Waals surface area contributed by atoms with Crippen LogP contribution < -0.4 is 10.6 Å². The van der Waals surface area contributed by atoms with Crippen molar-refractivity contribution < 1.29 is 4.52 Å². The molecular formula is C13H20IN5OS. The standard InChI is InChI=1S/C13H19N5OS.HI/c1-4-10-5-6-11(20-10)7-15-13(14-3)16-8-12-17-9(2)19-18-12;/h5-6H,4,7-8H2,1-3H3,(H2,14,15,16);1H. The van der Waals surface area contributed by atoms with Crippen molar-refractivity contribution in [2.45, 2.75) is 33.4 Å². The van der Waals surface area contributed by atoms with Gasteiger partial charge >= 0.3 is 0 Å². The molecule has 8 heteroatoms. The summed E-state index contributed by atoms with van der Waals surface area (Å²) in [6, 6.07) is 4.31. The molecule has 6 nitrogen and oxygen atoms in total. The van der Waals surface area contributed by atoms with Gasteiger partial charge in [0.2, 0.25) is 5.89 Å². The maximum Gasteiger partial charge on any atom is 0.223 e. The Hall–Kier alpha value is -1.16. The Labute approximate surface area is 145 Å². The lowest BCUT2D eigenvalue weighted by molar-refractivity contribution is 0.387. The molecule has 0 aliphatic carbocycles. The first-order valence-electron chi connectivity index (χ1n) is 6.52. The maximum atomic E-state index is 4.92. The normalized spacial score (nSPS) is 11.1. The van der Waals surface area contributed by atoms with E-state index in [9.17, 15) is 0 Å². The van der Waals surface area contributed by atoms with Crippen LogP contribution in [0.25, 0.3) is 0 Å². The van der Waals surface area contributed by atoms with Gasteiger partial charge in [0.1, 0.15) is 0 Å². The molecule has 2 aromatic heterocycles. The van der Waals surface area contributed by atoms with E-state index < -0.39 is 0 Å². The van der Waals surface area contributed by atoms with Crippen LogP contribution in [0, 0.1) is 6.92 Å². The predicted molar refractivity (Wildman–Crippen MR) is 95.2 cm³/mol. The molecule has 116 valence electrons. The van der Waals surface area contributed by atoms with Crippen LogP contribution in [-0.4, -0.2) is 23.1 Å². The highest BCUT2D eigenvalue weighted by Gasteiger charge is 2.04. The summed E-state index contributed by atoms with van der Waals surface area (Å²) in [6.07, 6.45) is 1.08. The molecule has 0 saturated carbocycles. The minimum Gasteiger partial charge on any atom is -0.352 e. The molecule has 0 aliphatic heterocycles. The molecule has 0 bridgehead atoms. The van der Waals surface area contributed by atoms with Crippen molar-refractivity contribution in [1.82, 2.24) is 20.8 Å². The maximum absolute atomic E-state index is 4.92. The number of aliphatic imine (C=N–C) groups is 1. The van der Waals surface area contributed by atoms with E-state index in [2.05, 4.69) is 44.8 Å². The molecule has 2 N–H and O–H groups in total. The topological polar surface area (TPSA) is 75.3 Å². The van der Waals surface area contributed by atoms with Crippen LogP contribution in [0.4, 0.5) is 0 Å². The van der Waals surface area contributed by atoms with Gasteiger partial charge in [-0.05, 0) is 18.6 Å². The fourth-order valence-corrected chi connectivity index (χ4v) is 2.57. The highest BCUT2D eigenvalue weighted by atomic mass is 127. The molecule has 0 fully saturated rings. The van der Waals surface area contributed by atoms with Crippen molar-refractivity contribution in [3.63, 3.8) is 0 Å². The van der Waals surface area contributed by atoms with Gasteiger partial charge in [0, 0.05) is 23.7 Å². The minimum atomic E-state index is 0. The molecule has 2 rings (SSSR count). The summed E-state index contributed by atoms with van der Waals surface area (Å²) >= 11 is 1.82. The number of aryl methyl sites for hydroxylation is 2. The van der Waals surface area contributed by atoms with Gasteiger partial charge in [0.25, 0.3) is 0 Å². The molecule has 0 saturated heterocycles. The fourth-order valence-electron chi connectivity index (χ4n) is 1.67. The van der Waals surface area contributed by atoms with Gasteiger partial charge in [0.15, 0.2) is 11.8 Å². The molecule has 0 aliphatic rings. The van der Waals surface area contributed by atoms with E-state index in [-0.39, 0.29) is 24.0 Å². The van der Waals surface area contributed by atoms with Crippen molar-refractivity contribution in [3.05, 3.63) is 33.6 Å². The van der Waals surface area contributed by atoms with E-state index >= 15 is 0 Å². The number of guanidine groups is 1. The summed E-state index contributed by atoms with van der Waals surface area (Å²) < 4.78 is 4.92. The number of hydrogen-bond donors (Lipinski definition) is 2. The lowest BCUT2D eigenvalue weighted by Gasteiger charge is -2.09. The Bertz CT molecular complexity index is 581. The van der Waals surface area contributed by atoms with Crippen molar-refractivity contribution in [2.24, 2.45) is 4.99 Å². The lowest BCUT2D eigenvalue weighted by atomic mass is 10.4. The van der Waals surface area contributed by atoms with Crippen molar-refractivity contribution in [3.8, 4) is 0 Å². The number of thiophene rings is 1. The van der Waals surface area contributed by atoms with Crippen molar-refractivity contribution in [2.75, 3.05) is 7.05 Å². The zero-order valence-electron chi connectivity index (χ0n) is 12.3. The Morgan fingerprint density at radius 1 is 1.29 bits per heavy atom. The molecule has 0 spiro atoms. The average Bonchev–Trinajstić information content (AvgIpc) is 3.08. The zero-order chi connectivity index (χ0) is 14.4. The first-order valence-corrected chi connectivity index (χ1v) is 7.34. The van der Waals surface area contributed by atoms with E-state index in [1.165, 1.54) is 9.75 Å². The molecule has 21 heavy (non-hydrogen) atoms. The highest BCUT2D eigenvalue weighted by Crippen LogP contribution is 2.16. The van der Waals surface area contributed by atoms with Crippen molar-refractivity contribution in [1.29, 1.82) is 0 Å². The summed E-state index contributed by atoms with van der Waals surface area (Å²) in [5.74, 6) is 1.91. The number of halogens is 1. The van der Waals surface area contributed by atoms with Gasteiger partial charge in [0.05, 0.1) is 13.1 Å². The molecule has 0 aromatic carbocycles. The Balaban J connectivity index is 0.00000220. The van der Waals surface area contributed by atoms with Crippen LogP contribution in [0.15, 0.2) is 21.6 Å². The summed E-state index contributed by atoms with van der Waals surface area (Å²) in [5.41, 5.74) is 0. The number of nitrogens with one attached hydrogen (secondary N) is 2. The molecule has 0 atom stereocenters. The van der Waals surface area contributed by atoms with Gasteiger partial charge in [-0.25, -0.2) is 0 Å². The molecular weight excluding hydrogens is 401 g/mol. The summed E-state index contributed by atoms with van der Waals surface area (Å²) in [7, 11) is 1.74. The van der Waals surface area contributed by atoms with E-state index in [1.54, 1.807) is 14.0 Å². The average molecular weight is 421 g/mol. The van der Waals surface area contributed by atoms with Gasteiger partial charge in [-0.2, -0.15) is 4.98 Å². The van der Waals surface area contributed by atoms with Crippen molar-refractivity contribution >= 4 is 41.3 Å². The van der Waals surface area contributed by atoms with Crippen LogP contribution in [0.2, 0.25) is 0 Å². The first-order chi connectivity index (χ1) is 9.71. The largest absolute Gasteiger partial charge is 0.352 e. The Morgan fingerprint density at radius 2 is 2.00 bits per heavy atom. The fraction of sp³-hybridized carbons (Fsp3) is 0.462. The Kier molecular flexibility index (Phi) is 7.65. The second-order valence-electron chi connectivity index (χ2n) is 4.23. The van der Waals surface area contributed by atoms with E-state index in [0.717, 1.165) is 18.9 Å². The smallest absolute Gasteiger partial charge is 0.223 e. The Morgan fingerprint density at radius 3 is 2.57 bits per heavy atom. The minimum absolute atomic E-state index is 0. The molecule has 2 heterocycles. The van der Waals surface area contributed by atoms with Crippen LogP contribution in [0.1, 0.15) is 28.4 Å². The summed E-state index contributed by atoms with van der Waals surface area (Å²) in [5, 5.41) is 10.2. The second-order valence-corrected chi connectivity index (χ2v) is 5.48. The number of nitrogens with zero attached hydrogens (tertiary/aromatic N) is 3. The zero-order valence-corrected chi connectivity index (χ0v) is 15.5. The number of rotatable bonds is 5. The first kappa shape index (κ1) is 17.9. The van der Waals surface area contributed by atoms with Crippen LogP contribution in [0.5, 0.6) is 0 Å². The van der Waals surface area contributed by atoms with Gasteiger partial charge in [-0.3, -0.25) is 4.99 Å². The number of hydrogen-bond acceptors (Lipinski definition) is 5. The van der Waals surface area contributed by atoms with Gasteiger partial charge < -0.3 is 15.2 Å². The molecule has 0 radical (unpaired) electrons. The third-order valence-electron chi connectivity index (χ3n) is 2.70. The molecule has 0 amide bonds. The lowest BCUT2D eigenvalue weighted by Crippen LogP contribution is -2.36. The SMILES string of the molecule is CCc1ccc(CNC(=NC)NCc2noc(C)n2)s1.I. The third-order valence-corrected chi connectivity index (χ3v) is 3.93. The van der Waals surface area contributed by atoms with Gasteiger partial charge in [-0.15, -0.1) is 35.3 Å². The molecule has 0 unspecified atom stereocenters. The monoisotopic (exact) mass is 421 g/mol. The van der Waals surface area contributed by atoms with E-state index in [1.807, 2.05) is 11.3 Å². The second kappa shape index (κ2) is 8.98. The summed E-state index contributed by atoms with van der Waals surface area (Å²) in [4.78, 5) is 11.0. The predicted octanol–water partition coefficient (Wildman–Crippen LogP) is 2.49. The van der Waals surface area contributed by atoms with Crippen LogP contribution in [-0.2, 0) is 19.5 Å². The molecule has 2 aromatic rings.